The highest BCUT2D eigenvalue weighted by Gasteiger charge is 2.11. The Kier molecular flexibility index (Phi) is 3.07. The summed E-state index contributed by atoms with van der Waals surface area (Å²) in [5.41, 5.74) is -2.22. The number of hydrogen-bond donors (Lipinski definition) is 0. The van der Waals surface area contributed by atoms with E-state index in [9.17, 15) is 17.4 Å². The van der Waals surface area contributed by atoms with E-state index < -0.39 is 15.6 Å². The molecule has 9 heavy (non-hydrogen) atoms. The molecule has 0 amide bonds. The van der Waals surface area contributed by atoms with E-state index in [0.717, 1.165) is 0 Å². The van der Waals surface area contributed by atoms with Crippen molar-refractivity contribution in [2.45, 2.75) is 25.3 Å². The van der Waals surface area contributed by atoms with Gasteiger partial charge in [-0.2, -0.15) is 0 Å². The van der Waals surface area contributed by atoms with E-state index >= 15 is 0 Å². The molecule has 0 saturated carbocycles. The standard InChI is InChI=1S/C4H9FO3S/c1-2-3-4(5)9(6,7)8/h4H,2-3H2,1H3,(H,6,7,8)/p-1. The molecule has 0 aliphatic rings. The van der Waals surface area contributed by atoms with Gasteiger partial charge in [-0.3, -0.25) is 0 Å². The fourth-order valence-corrected chi connectivity index (χ4v) is 0.896. The zero-order valence-electron chi connectivity index (χ0n) is 5.00. The molecule has 0 aliphatic carbocycles. The molecular weight excluding hydrogens is 147 g/mol. The lowest BCUT2D eigenvalue weighted by atomic mass is 10.4. The molecule has 3 nitrogen and oxygen atoms in total. The first-order valence-corrected chi connectivity index (χ1v) is 4.04. The van der Waals surface area contributed by atoms with Crippen LogP contribution in [0, 0.1) is 0 Å². The molecule has 5 heteroatoms. The molecular formula is C4H8FO3S-. The molecule has 0 aromatic carbocycles. The monoisotopic (exact) mass is 155 g/mol. The highest BCUT2D eigenvalue weighted by molar-refractivity contribution is 7.86. The van der Waals surface area contributed by atoms with E-state index in [0.29, 0.717) is 6.42 Å². The van der Waals surface area contributed by atoms with Gasteiger partial charge in [-0.05, 0) is 6.42 Å². The first-order chi connectivity index (χ1) is 3.98. The molecule has 0 aromatic heterocycles. The van der Waals surface area contributed by atoms with Gasteiger partial charge in [0.25, 0.3) is 0 Å². The van der Waals surface area contributed by atoms with Crippen LogP contribution < -0.4 is 0 Å². The Morgan fingerprint density at radius 2 is 2.11 bits per heavy atom. The Labute approximate surface area is 53.6 Å². The third kappa shape index (κ3) is 3.42. The largest absolute Gasteiger partial charge is 0.746 e. The topological polar surface area (TPSA) is 57.2 Å². The van der Waals surface area contributed by atoms with Crippen LogP contribution in [0.15, 0.2) is 0 Å². The minimum Gasteiger partial charge on any atom is -0.746 e. The Balaban J connectivity index is 3.90. The molecule has 0 aromatic rings. The maximum atomic E-state index is 12.0. The van der Waals surface area contributed by atoms with Crippen LogP contribution in [-0.2, 0) is 10.1 Å². The van der Waals surface area contributed by atoms with Gasteiger partial charge in [-0.25, -0.2) is 12.8 Å². The first kappa shape index (κ1) is 8.84. The number of hydrogen-bond acceptors (Lipinski definition) is 3. The maximum absolute atomic E-state index is 12.0. The molecule has 0 radical (unpaired) electrons. The van der Waals surface area contributed by atoms with Crippen LogP contribution >= 0.6 is 0 Å². The molecule has 0 bridgehead atoms. The number of rotatable bonds is 3. The molecule has 0 saturated heterocycles. The van der Waals surface area contributed by atoms with Crippen molar-refractivity contribution in [3.8, 4) is 0 Å². The summed E-state index contributed by atoms with van der Waals surface area (Å²) in [4.78, 5) is 0. The van der Waals surface area contributed by atoms with Gasteiger partial charge in [0.15, 0.2) is 5.50 Å². The van der Waals surface area contributed by atoms with Gasteiger partial charge in [-0.1, -0.05) is 13.3 Å². The van der Waals surface area contributed by atoms with Crippen molar-refractivity contribution in [2.75, 3.05) is 0 Å². The van der Waals surface area contributed by atoms with E-state index in [2.05, 4.69) is 0 Å². The maximum Gasteiger partial charge on any atom is 0.189 e. The van der Waals surface area contributed by atoms with Gasteiger partial charge in [0.05, 0.1) is 0 Å². The molecule has 1 unspecified atom stereocenters. The summed E-state index contributed by atoms with van der Waals surface area (Å²) in [5.74, 6) is 0. The van der Waals surface area contributed by atoms with Crippen molar-refractivity contribution in [2.24, 2.45) is 0 Å². The van der Waals surface area contributed by atoms with Gasteiger partial charge >= 0.3 is 0 Å². The quantitative estimate of drug-likeness (QED) is 0.561. The zero-order chi connectivity index (χ0) is 7.49. The predicted octanol–water partition coefficient (Wildman–Crippen LogP) is 0.627. The highest BCUT2D eigenvalue weighted by Crippen LogP contribution is 2.06. The second kappa shape index (κ2) is 3.12. The average molecular weight is 155 g/mol. The molecule has 0 spiro atoms. The van der Waals surface area contributed by atoms with Crippen molar-refractivity contribution < 1.29 is 17.4 Å². The summed E-state index contributed by atoms with van der Waals surface area (Å²) in [6.07, 6.45) is 0.161. The first-order valence-electron chi connectivity index (χ1n) is 2.57. The van der Waals surface area contributed by atoms with Crippen LogP contribution in [0.25, 0.3) is 0 Å². The van der Waals surface area contributed by atoms with Gasteiger partial charge < -0.3 is 4.55 Å². The third-order valence-electron chi connectivity index (χ3n) is 0.829. The minimum absolute atomic E-state index is 0.203. The molecule has 0 N–H and O–H groups in total. The Morgan fingerprint density at radius 1 is 1.67 bits per heavy atom. The van der Waals surface area contributed by atoms with E-state index in [1.54, 1.807) is 6.92 Å². The van der Waals surface area contributed by atoms with Gasteiger partial charge in [-0.15, -0.1) is 0 Å². The summed E-state index contributed by atoms with van der Waals surface area (Å²) in [6.45, 7) is 1.61. The van der Waals surface area contributed by atoms with Crippen LogP contribution in [-0.4, -0.2) is 18.5 Å². The summed E-state index contributed by atoms with van der Waals surface area (Å²) < 4.78 is 41.4. The van der Waals surface area contributed by atoms with Crippen molar-refractivity contribution in [1.82, 2.24) is 0 Å². The molecule has 0 aliphatic heterocycles. The second-order valence-corrected chi connectivity index (χ2v) is 3.19. The van der Waals surface area contributed by atoms with Crippen molar-refractivity contribution in [3.05, 3.63) is 0 Å². The molecule has 0 fully saturated rings. The predicted molar refractivity (Wildman–Crippen MR) is 29.5 cm³/mol. The molecule has 0 rings (SSSR count). The summed E-state index contributed by atoms with van der Waals surface area (Å²) in [7, 11) is -4.68. The Morgan fingerprint density at radius 3 is 2.22 bits per heavy atom. The Hall–Kier alpha value is -0.160. The van der Waals surface area contributed by atoms with E-state index in [1.807, 2.05) is 0 Å². The van der Waals surface area contributed by atoms with E-state index in [-0.39, 0.29) is 6.42 Å². The van der Waals surface area contributed by atoms with Crippen molar-refractivity contribution in [1.29, 1.82) is 0 Å². The number of halogens is 1. The molecule has 1 atom stereocenters. The van der Waals surface area contributed by atoms with Gasteiger partial charge in [0, 0.05) is 0 Å². The lowest BCUT2D eigenvalue weighted by Crippen LogP contribution is -2.14. The molecule has 0 heterocycles. The smallest absolute Gasteiger partial charge is 0.189 e. The van der Waals surface area contributed by atoms with Crippen LogP contribution in [0.4, 0.5) is 4.39 Å². The Bertz CT molecular complexity index is 163. The van der Waals surface area contributed by atoms with Gasteiger partial charge in [0.1, 0.15) is 10.1 Å². The third-order valence-corrected chi connectivity index (χ3v) is 1.69. The molecule has 56 valence electrons. The fourth-order valence-electron chi connectivity index (χ4n) is 0.371. The lowest BCUT2D eigenvalue weighted by molar-refractivity contribution is 0.349. The van der Waals surface area contributed by atoms with Crippen molar-refractivity contribution in [3.63, 3.8) is 0 Å². The normalized spacial score (nSPS) is 15.4. The average Bonchev–Trinajstić information content (AvgIpc) is 1.64. The van der Waals surface area contributed by atoms with Crippen LogP contribution in [0.5, 0.6) is 0 Å². The van der Waals surface area contributed by atoms with E-state index in [4.69, 9.17) is 0 Å². The van der Waals surface area contributed by atoms with E-state index in [1.165, 1.54) is 0 Å². The van der Waals surface area contributed by atoms with Crippen LogP contribution in [0.3, 0.4) is 0 Å². The van der Waals surface area contributed by atoms with Gasteiger partial charge in [0.2, 0.25) is 0 Å². The summed E-state index contributed by atoms with van der Waals surface area (Å²) >= 11 is 0. The number of alkyl halides is 1. The fraction of sp³-hybridized carbons (Fsp3) is 1.00. The minimum atomic E-state index is -4.68. The second-order valence-electron chi connectivity index (χ2n) is 1.69. The lowest BCUT2D eigenvalue weighted by Gasteiger charge is -2.10. The van der Waals surface area contributed by atoms with Crippen LogP contribution in [0.2, 0.25) is 0 Å². The zero-order valence-corrected chi connectivity index (χ0v) is 5.82. The highest BCUT2D eigenvalue weighted by atomic mass is 32.2. The summed E-state index contributed by atoms with van der Waals surface area (Å²) in [5, 5.41) is 0. The van der Waals surface area contributed by atoms with Crippen molar-refractivity contribution >= 4 is 10.1 Å². The summed E-state index contributed by atoms with van der Waals surface area (Å²) in [6, 6.07) is 0. The SMILES string of the molecule is CCCC(F)S(=O)(=O)[O-]. The van der Waals surface area contributed by atoms with Crippen LogP contribution in [0.1, 0.15) is 19.8 Å².